The number of nitrogens with zero attached hydrogens (tertiary/aromatic N) is 4. The molecule has 0 aliphatic carbocycles. The molecule has 2 heterocycles. The maximum Gasteiger partial charge on any atom is 0.275 e. The molecule has 7 nitrogen and oxygen atoms in total. The monoisotopic (exact) mass is 361 g/mol. The van der Waals surface area contributed by atoms with Crippen molar-refractivity contribution in [3.63, 3.8) is 0 Å². The lowest BCUT2D eigenvalue weighted by atomic mass is 10.2. The summed E-state index contributed by atoms with van der Waals surface area (Å²) in [6, 6.07) is 15.2. The number of para-hydroxylation sites is 2. The van der Waals surface area contributed by atoms with Crippen LogP contribution in [0.1, 0.15) is 6.42 Å². The highest BCUT2D eigenvalue weighted by molar-refractivity contribution is 5.81. The number of aromatic nitrogens is 4. The van der Waals surface area contributed by atoms with Crippen molar-refractivity contribution in [3.05, 3.63) is 71.4 Å². The molecule has 0 spiro atoms. The smallest absolute Gasteiger partial charge is 0.275 e. The average molecular weight is 361 g/mol. The standard InChI is InChI=1S/C20H19N5O2/c26-19(13-25-20(27)16-7-2-1-6-15(16)12-23-25)21-10-5-11-24-14-22-17-8-3-4-9-18(17)24/h1-4,6-9,12,14H,5,10-11,13H2,(H,21,26). The van der Waals surface area contributed by atoms with Gasteiger partial charge in [-0.05, 0) is 24.6 Å². The third-order valence-electron chi connectivity index (χ3n) is 4.48. The predicted octanol–water partition coefficient (Wildman–Crippen LogP) is 1.95. The highest BCUT2D eigenvalue weighted by Gasteiger charge is 2.08. The Kier molecular flexibility index (Phi) is 4.65. The molecule has 0 saturated carbocycles. The fraction of sp³-hybridized carbons (Fsp3) is 0.200. The second kappa shape index (κ2) is 7.41. The van der Waals surface area contributed by atoms with E-state index >= 15 is 0 Å². The van der Waals surface area contributed by atoms with E-state index in [1.165, 1.54) is 4.68 Å². The molecular weight excluding hydrogens is 342 g/mol. The van der Waals surface area contributed by atoms with Crippen LogP contribution < -0.4 is 10.9 Å². The molecule has 0 bridgehead atoms. The van der Waals surface area contributed by atoms with E-state index in [-0.39, 0.29) is 18.0 Å². The molecule has 0 radical (unpaired) electrons. The highest BCUT2D eigenvalue weighted by Crippen LogP contribution is 2.11. The van der Waals surface area contributed by atoms with Crippen LogP contribution >= 0.6 is 0 Å². The van der Waals surface area contributed by atoms with Crippen molar-refractivity contribution in [1.29, 1.82) is 0 Å². The lowest BCUT2D eigenvalue weighted by Gasteiger charge is -2.08. The van der Waals surface area contributed by atoms with Crippen LogP contribution in [0.4, 0.5) is 0 Å². The maximum atomic E-state index is 12.4. The number of rotatable bonds is 6. The molecule has 4 aromatic rings. The first-order valence-electron chi connectivity index (χ1n) is 8.84. The van der Waals surface area contributed by atoms with Gasteiger partial charge in [0.15, 0.2) is 0 Å². The minimum absolute atomic E-state index is 0.0856. The second-order valence-electron chi connectivity index (χ2n) is 6.32. The van der Waals surface area contributed by atoms with Crippen molar-refractivity contribution in [1.82, 2.24) is 24.6 Å². The minimum atomic E-state index is -0.256. The van der Waals surface area contributed by atoms with Gasteiger partial charge >= 0.3 is 0 Å². The lowest BCUT2D eigenvalue weighted by molar-refractivity contribution is -0.121. The maximum absolute atomic E-state index is 12.4. The third kappa shape index (κ3) is 3.57. The quantitative estimate of drug-likeness (QED) is 0.532. The molecule has 4 rings (SSSR count). The molecule has 0 aliphatic rings. The molecule has 2 aromatic carbocycles. The van der Waals surface area contributed by atoms with Crippen LogP contribution in [-0.4, -0.2) is 31.8 Å². The van der Waals surface area contributed by atoms with Gasteiger partial charge in [-0.25, -0.2) is 9.67 Å². The summed E-state index contributed by atoms with van der Waals surface area (Å²) in [5, 5.41) is 8.26. The molecule has 0 aliphatic heterocycles. The first-order valence-corrected chi connectivity index (χ1v) is 8.84. The van der Waals surface area contributed by atoms with E-state index in [0.717, 1.165) is 29.4 Å². The fourth-order valence-corrected chi connectivity index (χ4v) is 3.10. The topological polar surface area (TPSA) is 81.8 Å². The van der Waals surface area contributed by atoms with E-state index in [1.54, 1.807) is 18.3 Å². The number of carbonyl (C=O) groups is 1. The summed E-state index contributed by atoms with van der Waals surface area (Å²) >= 11 is 0. The van der Waals surface area contributed by atoms with Crippen LogP contribution in [0.15, 0.2) is 65.8 Å². The van der Waals surface area contributed by atoms with Gasteiger partial charge in [0.05, 0.1) is 28.9 Å². The van der Waals surface area contributed by atoms with Crippen molar-refractivity contribution in [3.8, 4) is 0 Å². The van der Waals surface area contributed by atoms with Gasteiger partial charge in [-0.15, -0.1) is 0 Å². The van der Waals surface area contributed by atoms with Gasteiger partial charge in [0, 0.05) is 18.5 Å². The van der Waals surface area contributed by atoms with Crippen molar-refractivity contribution in [2.75, 3.05) is 6.54 Å². The van der Waals surface area contributed by atoms with E-state index in [9.17, 15) is 9.59 Å². The van der Waals surface area contributed by atoms with Crippen molar-refractivity contribution in [2.24, 2.45) is 0 Å². The Morgan fingerprint density at radius 3 is 2.81 bits per heavy atom. The first-order chi connectivity index (χ1) is 13.2. The van der Waals surface area contributed by atoms with Gasteiger partial charge in [0.25, 0.3) is 5.56 Å². The van der Waals surface area contributed by atoms with Gasteiger partial charge in [0.1, 0.15) is 6.54 Å². The molecular formula is C20H19N5O2. The Labute approximate surface area is 155 Å². The van der Waals surface area contributed by atoms with E-state index in [0.29, 0.717) is 11.9 Å². The van der Waals surface area contributed by atoms with E-state index < -0.39 is 0 Å². The molecule has 0 saturated heterocycles. The molecule has 0 fully saturated rings. The molecule has 1 N–H and O–H groups in total. The molecule has 0 unspecified atom stereocenters. The van der Waals surface area contributed by atoms with E-state index in [1.807, 2.05) is 42.7 Å². The Balaban J connectivity index is 1.32. The van der Waals surface area contributed by atoms with Crippen LogP contribution in [0, 0.1) is 0 Å². The lowest BCUT2D eigenvalue weighted by Crippen LogP contribution is -2.34. The van der Waals surface area contributed by atoms with Gasteiger partial charge in [-0.2, -0.15) is 5.10 Å². The summed E-state index contributed by atoms with van der Waals surface area (Å²) in [7, 11) is 0. The molecule has 136 valence electrons. The van der Waals surface area contributed by atoms with Gasteiger partial charge in [0.2, 0.25) is 5.91 Å². The molecule has 0 atom stereocenters. The van der Waals surface area contributed by atoms with E-state index in [4.69, 9.17) is 0 Å². The van der Waals surface area contributed by atoms with Crippen LogP contribution in [0.5, 0.6) is 0 Å². The zero-order valence-electron chi connectivity index (χ0n) is 14.7. The Morgan fingerprint density at radius 2 is 1.89 bits per heavy atom. The summed E-state index contributed by atoms with van der Waals surface area (Å²) in [6.07, 6.45) is 4.19. The minimum Gasteiger partial charge on any atom is -0.354 e. The number of benzene rings is 2. The number of nitrogens with one attached hydrogen (secondary N) is 1. The molecule has 7 heteroatoms. The van der Waals surface area contributed by atoms with Crippen LogP contribution in [0.2, 0.25) is 0 Å². The Morgan fingerprint density at radius 1 is 1.07 bits per heavy atom. The predicted molar refractivity (Wildman–Crippen MR) is 103 cm³/mol. The van der Waals surface area contributed by atoms with Crippen molar-refractivity contribution >= 4 is 27.7 Å². The summed E-state index contributed by atoms with van der Waals surface area (Å²) in [6.45, 7) is 1.19. The van der Waals surface area contributed by atoms with E-state index in [2.05, 4.69) is 20.0 Å². The SMILES string of the molecule is O=C(Cn1ncc2ccccc2c1=O)NCCCn1cnc2ccccc21. The van der Waals surface area contributed by atoms with Gasteiger partial charge < -0.3 is 9.88 Å². The molecule has 27 heavy (non-hydrogen) atoms. The summed E-state index contributed by atoms with van der Waals surface area (Å²) < 4.78 is 3.26. The normalized spacial score (nSPS) is 11.1. The Hall–Kier alpha value is -3.48. The van der Waals surface area contributed by atoms with Crippen molar-refractivity contribution in [2.45, 2.75) is 19.5 Å². The number of hydrogen-bond acceptors (Lipinski definition) is 4. The third-order valence-corrected chi connectivity index (χ3v) is 4.48. The van der Waals surface area contributed by atoms with Crippen LogP contribution in [0.3, 0.4) is 0 Å². The number of hydrogen-bond donors (Lipinski definition) is 1. The zero-order chi connectivity index (χ0) is 18.6. The zero-order valence-corrected chi connectivity index (χ0v) is 14.7. The first kappa shape index (κ1) is 17.0. The van der Waals surface area contributed by atoms with Gasteiger partial charge in [-0.1, -0.05) is 30.3 Å². The summed E-state index contributed by atoms with van der Waals surface area (Å²) in [4.78, 5) is 28.9. The largest absolute Gasteiger partial charge is 0.354 e. The van der Waals surface area contributed by atoms with Crippen molar-refractivity contribution < 1.29 is 4.79 Å². The Bertz CT molecular complexity index is 1160. The number of carbonyl (C=O) groups excluding carboxylic acids is 1. The highest BCUT2D eigenvalue weighted by atomic mass is 16.2. The second-order valence-corrected chi connectivity index (χ2v) is 6.32. The number of aryl methyl sites for hydroxylation is 1. The van der Waals surface area contributed by atoms with Gasteiger partial charge in [-0.3, -0.25) is 9.59 Å². The van der Waals surface area contributed by atoms with Crippen LogP contribution in [-0.2, 0) is 17.9 Å². The number of imidazole rings is 1. The van der Waals surface area contributed by atoms with Crippen LogP contribution in [0.25, 0.3) is 21.8 Å². The number of fused-ring (bicyclic) bond motifs is 2. The summed E-state index contributed by atoms with van der Waals surface area (Å²) in [5.74, 6) is -0.227. The fourth-order valence-electron chi connectivity index (χ4n) is 3.10. The average Bonchev–Trinajstić information content (AvgIpc) is 3.11. The molecule has 2 aromatic heterocycles. The molecule has 1 amide bonds. The number of amides is 1. The summed E-state index contributed by atoms with van der Waals surface area (Å²) in [5.41, 5.74) is 1.78.